The number of phenols is 1. The van der Waals surface area contributed by atoms with E-state index in [0.717, 1.165) is 59.7 Å². The van der Waals surface area contributed by atoms with Crippen molar-refractivity contribution in [2.75, 3.05) is 20.2 Å². The maximum Gasteiger partial charge on any atom is 0.160 e. The molecule has 3 aromatic rings. The number of phenolic OH excluding ortho intramolecular Hbond substituents is 1. The van der Waals surface area contributed by atoms with Gasteiger partial charge in [-0.2, -0.15) is 0 Å². The van der Waals surface area contributed by atoms with Crippen molar-refractivity contribution >= 4 is 22.3 Å². The van der Waals surface area contributed by atoms with E-state index in [-0.39, 0.29) is 71.7 Å². The van der Waals surface area contributed by atoms with Crippen LogP contribution in [-0.4, -0.2) is 87.8 Å². The van der Waals surface area contributed by atoms with Crippen molar-refractivity contribution in [1.29, 1.82) is 0 Å². The average Bonchev–Trinajstić information content (AvgIpc) is 3.84. The Morgan fingerprint density at radius 1 is 0.899 bits per heavy atom. The van der Waals surface area contributed by atoms with Crippen LogP contribution >= 0.6 is 0 Å². The van der Waals surface area contributed by atoms with Crippen LogP contribution in [0.4, 0.5) is 0 Å². The smallest absolute Gasteiger partial charge is 0.160 e. The summed E-state index contributed by atoms with van der Waals surface area (Å²) in [4.78, 5) is 27.6. The molecule has 9 N–H and O–H groups in total. The predicted molar refractivity (Wildman–Crippen MR) is 264 cm³/mol. The highest BCUT2D eigenvalue weighted by atomic mass is 16.5. The molecule has 2 aliphatic heterocycles. The predicted octanol–water partition coefficient (Wildman–Crippen LogP) is 6.68. The van der Waals surface area contributed by atoms with Gasteiger partial charge in [-0.1, -0.05) is 73.2 Å². The molecule has 3 aromatic carbocycles. The summed E-state index contributed by atoms with van der Waals surface area (Å²) in [5, 5.41) is 69.0. The van der Waals surface area contributed by atoms with E-state index < -0.39 is 35.7 Å². The number of carbonyl (C=O) groups excluding carboxylic acids is 2. The van der Waals surface area contributed by atoms with Gasteiger partial charge in [0.1, 0.15) is 11.2 Å². The second-order valence-electron chi connectivity index (χ2n) is 22.7. The molecular formula is C58H71N3O8. The number of nitrogens with one attached hydrogen (secondary N) is 2. The molecule has 11 nitrogen and oxygen atoms in total. The van der Waals surface area contributed by atoms with Crippen molar-refractivity contribution < 1.29 is 39.9 Å². The van der Waals surface area contributed by atoms with Crippen LogP contribution < -0.4 is 21.1 Å². The number of carbonyl (C=O) groups is 2. The molecule has 2 spiro atoms. The maximum atomic E-state index is 14.8. The lowest BCUT2D eigenvalue weighted by Crippen LogP contribution is -2.68. The van der Waals surface area contributed by atoms with Crippen LogP contribution in [0.1, 0.15) is 118 Å². The third-order valence-electron chi connectivity index (χ3n) is 19.4. The normalized spacial score (nSPS) is 36.0. The maximum absolute atomic E-state index is 14.8. The third-order valence-corrected chi connectivity index (χ3v) is 19.4. The number of aliphatic hydroxyl groups is 4. The van der Waals surface area contributed by atoms with E-state index in [1.165, 1.54) is 20.0 Å². The van der Waals surface area contributed by atoms with E-state index in [1.807, 2.05) is 18.2 Å². The number of aromatic hydroxyl groups is 1. The number of Topliss-reactive ketones (excluding diaryl/α,β-unsaturated/α-hetero) is 2. The van der Waals surface area contributed by atoms with Crippen LogP contribution in [0.2, 0.25) is 0 Å². The number of hydrogen-bond acceptors (Lipinski definition) is 11. The van der Waals surface area contributed by atoms with Gasteiger partial charge in [0.15, 0.2) is 17.3 Å². The van der Waals surface area contributed by atoms with E-state index in [9.17, 15) is 35.1 Å². The molecule has 69 heavy (non-hydrogen) atoms. The minimum atomic E-state index is -1.31. The van der Waals surface area contributed by atoms with Gasteiger partial charge in [-0.25, -0.2) is 0 Å². The number of allylic oxidation sites excluding steroid dienone is 2. The molecule has 6 fully saturated rings. The van der Waals surface area contributed by atoms with Crippen molar-refractivity contribution in [2.45, 2.75) is 139 Å². The van der Waals surface area contributed by atoms with Gasteiger partial charge < -0.3 is 46.6 Å². The van der Waals surface area contributed by atoms with Crippen LogP contribution in [0.25, 0.3) is 10.8 Å². The average molecular weight is 938 g/mol. The summed E-state index contributed by atoms with van der Waals surface area (Å²) < 4.78 is 5.54. The second kappa shape index (κ2) is 18.5. The van der Waals surface area contributed by atoms with E-state index in [2.05, 4.69) is 58.9 Å². The first-order valence-electron chi connectivity index (χ1n) is 26.2. The first-order valence-corrected chi connectivity index (χ1v) is 26.2. The number of aryl methyl sites for hydroxylation is 1. The number of ketones is 2. The number of aliphatic hydroxyl groups excluding tert-OH is 4. The number of hydrogen-bond donors (Lipinski definition) is 8. The molecule has 0 radical (unpaired) electrons. The van der Waals surface area contributed by atoms with E-state index in [4.69, 9.17) is 10.5 Å². The van der Waals surface area contributed by atoms with Crippen molar-refractivity contribution in [1.82, 2.24) is 10.6 Å². The van der Waals surface area contributed by atoms with Gasteiger partial charge in [-0.3, -0.25) is 9.59 Å². The van der Waals surface area contributed by atoms with Crippen molar-refractivity contribution in [2.24, 2.45) is 58.0 Å². The third kappa shape index (κ3) is 8.20. The van der Waals surface area contributed by atoms with Crippen LogP contribution in [0, 0.1) is 64.1 Å². The number of fused-ring (bicyclic) bond motifs is 3. The first-order chi connectivity index (χ1) is 33.4. The van der Waals surface area contributed by atoms with Crippen molar-refractivity contribution in [3.05, 3.63) is 94.8 Å². The Morgan fingerprint density at radius 2 is 1.71 bits per heavy atom. The van der Waals surface area contributed by atoms with Gasteiger partial charge in [-0.15, -0.1) is 0 Å². The molecule has 0 bridgehead atoms. The standard InChI is InChI=1S/C58H71N3O8/c1-69-51-24-35-10-11-52(67)58(18-13-38(25-53(58)68)44-28-43-47(63)23-39-21-40(62)27-46-55(39)56(43)45(31-61-46)57(44)15-4-5-16-57)17-12-36(42(35)30-50(51)66)22-48(64)49(65)29-41(37-14-19-60-54(59)26-37)34-9-8-32-6-2-3-7-33(32)20-34/h2-3,6-9,14,20,24,26,30,36,38-39,41,43-49,53,55-56,60-61,63-66,68H,4-5,10-11,13,15-16,18-19,21-23,25,27-29,31,59H2,1H3/t36-,38+,39-,41+,43+,44-,45-,46-,47+,48+,49-,53-,55+,56-,58+/m1/s1. The Labute approximate surface area is 406 Å². The highest BCUT2D eigenvalue weighted by Crippen LogP contribution is 2.68. The zero-order chi connectivity index (χ0) is 47.8. The molecule has 366 valence electrons. The number of rotatable bonds is 9. The monoisotopic (exact) mass is 938 g/mol. The van der Waals surface area contributed by atoms with Crippen molar-refractivity contribution in [3.63, 3.8) is 0 Å². The number of methoxy groups -OCH3 is 1. The number of nitrogens with two attached hydrogens (primary N) is 1. The minimum Gasteiger partial charge on any atom is -0.504 e. The topological polar surface area (TPSA) is 195 Å². The Bertz CT molecular complexity index is 2610. The van der Waals surface area contributed by atoms with E-state index in [1.54, 1.807) is 12.1 Å². The van der Waals surface area contributed by atoms with Crippen LogP contribution in [0.5, 0.6) is 11.5 Å². The summed E-state index contributed by atoms with van der Waals surface area (Å²) in [5.74, 6) is 9.01. The Balaban J connectivity index is 0.881. The van der Waals surface area contributed by atoms with Gasteiger partial charge in [0.25, 0.3) is 0 Å². The van der Waals surface area contributed by atoms with Gasteiger partial charge in [0.05, 0.1) is 37.3 Å². The molecule has 0 aromatic heterocycles. The lowest BCUT2D eigenvalue weighted by molar-refractivity contribution is -0.189. The summed E-state index contributed by atoms with van der Waals surface area (Å²) in [6.07, 6.45) is 9.91. The van der Waals surface area contributed by atoms with Gasteiger partial charge >= 0.3 is 0 Å². The number of ether oxygens (including phenoxy) is 1. The Hall–Kier alpha value is -4.70. The molecule has 2 heterocycles. The van der Waals surface area contributed by atoms with Gasteiger partial charge in [0, 0.05) is 43.7 Å². The number of dihydropyridines is 1. The largest absolute Gasteiger partial charge is 0.504 e. The summed E-state index contributed by atoms with van der Waals surface area (Å²) in [6.45, 7) is 1.42. The molecule has 15 atom stereocenters. The molecule has 1 saturated heterocycles. The molecule has 5 saturated carbocycles. The van der Waals surface area contributed by atoms with Crippen LogP contribution in [-0.2, 0) is 16.0 Å². The lowest BCUT2D eigenvalue weighted by atomic mass is 9.41. The molecule has 8 aliphatic rings. The fraction of sp³-hybridized carbons (Fsp3) is 0.586. The number of piperidine rings is 1. The van der Waals surface area contributed by atoms with Gasteiger partial charge in [-0.05, 0) is 169 Å². The van der Waals surface area contributed by atoms with E-state index >= 15 is 0 Å². The Morgan fingerprint density at radius 3 is 2.49 bits per heavy atom. The molecule has 11 heteroatoms. The SMILES string of the molecule is COc1cc2c(cc1O)[C@@H](C[C@H](O)[C@H](O)C[C@H](C1=CCNC(N)=C1)c1ccc3ccccc3c1)C#C[C@]1(CC[C@H]([C@H]3C[C@@H]4[C@H]5[C@H]6[C@H](CC(=O)C[C@H]6NC[C@H]5C35CCCC5)C[C@@H]4O)C[C@H]1O)C(=O)CC2. The second-order valence-corrected chi connectivity index (χ2v) is 22.7. The van der Waals surface area contributed by atoms with Crippen molar-refractivity contribution in [3.8, 4) is 23.3 Å². The highest BCUT2D eigenvalue weighted by Gasteiger charge is 2.65. The minimum absolute atomic E-state index is 0.0285. The Kier molecular flexibility index (Phi) is 12.5. The van der Waals surface area contributed by atoms with E-state index in [0.29, 0.717) is 85.9 Å². The van der Waals surface area contributed by atoms with Crippen LogP contribution in [0.15, 0.2) is 78.1 Å². The molecule has 11 rings (SSSR count). The summed E-state index contributed by atoms with van der Waals surface area (Å²) >= 11 is 0. The first kappa shape index (κ1) is 46.7. The summed E-state index contributed by atoms with van der Waals surface area (Å²) in [6, 6.07) is 18.0. The van der Waals surface area contributed by atoms with Crippen LogP contribution in [0.3, 0.4) is 0 Å². The highest BCUT2D eigenvalue weighted by molar-refractivity contribution is 5.89. The fourth-order valence-corrected chi connectivity index (χ4v) is 16.3. The summed E-state index contributed by atoms with van der Waals surface area (Å²) in [7, 11) is 1.49. The quantitative estimate of drug-likeness (QED) is 0.107. The zero-order valence-corrected chi connectivity index (χ0v) is 40.0. The molecule has 0 amide bonds. The number of benzene rings is 3. The molecule has 0 unspecified atom stereocenters. The fourth-order valence-electron chi connectivity index (χ4n) is 16.3. The summed E-state index contributed by atoms with van der Waals surface area (Å²) in [5.41, 5.74) is 8.43. The lowest BCUT2D eigenvalue weighted by Gasteiger charge is -2.66. The zero-order valence-electron chi connectivity index (χ0n) is 40.0. The molecular weight excluding hydrogens is 867 g/mol. The van der Waals surface area contributed by atoms with Gasteiger partial charge in [0.2, 0.25) is 0 Å². The molecule has 6 aliphatic carbocycles.